The first kappa shape index (κ1) is 18.9. The van der Waals surface area contributed by atoms with Crippen molar-refractivity contribution in [3.05, 3.63) is 87.8 Å². The van der Waals surface area contributed by atoms with Gasteiger partial charge in [0.05, 0.1) is 41.1 Å². The molecular weight excluding hydrogens is 392 g/mol. The molecule has 3 heterocycles. The summed E-state index contributed by atoms with van der Waals surface area (Å²) in [5, 5.41) is 1.46. The second kappa shape index (κ2) is 6.98. The number of pyridine rings is 1. The fourth-order valence-corrected chi connectivity index (χ4v) is 3.97. The van der Waals surface area contributed by atoms with Crippen molar-refractivity contribution in [1.82, 2.24) is 18.7 Å². The van der Waals surface area contributed by atoms with Crippen LogP contribution in [0.15, 0.2) is 76.6 Å². The molecule has 5 rings (SSSR count). The fourth-order valence-electron chi connectivity index (χ4n) is 3.97. The SMILES string of the molecule is COc1ccc(-c2c3c(=O)n(C)c(=O)n(C)c3cn2-c2cnc3ccccc3c2)cc1. The van der Waals surface area contributed by atoms with Crippen molar-refractivity contribution in [1.29, 1.82) is 0 Å². The molecule has 7 heteroatoms. The van der Waals surface area contributed by atoms with Crippen molar-refractivity contribution in [2.75, 3.05) is 7.11 Å². The van der Waals surface area contributed by atoms with Gasteiger partial charge in [0, 0.05) is 25.7 Å². The summed E-state index contributed by atoms with van der Waals surface area (Å²) < 4.78 is 9.84. The number of aryl methyl sites for hydroxylation is 1. The molecule has 0 unspecified atom stereocenters. The Morgan fingerprint density at radius 2 is 1.68 bits per heavy atom. The molecule has 3 aromatic heterocycles. The highest BCUT2D eigenvalue weighted by molar-refractivity contribution is 5.95. The second-order valence-corrected chi connectivity index (χ2v) is 7.43. The number of nitrogens with zero attached hydrogens (tertiary/aromatic N) is 4. The van der Waals surface area contributed by atoms with Crippen molar-refractivity contribution in [3.8, 4) is 22.7 Å². The number of methoxy groups -OCH3 is 1. The largest absolute Gasteiger partial charge is 0.497 e. The lowest BCUT2D eigenvalue weighted by atomic mass is 10.1. The van der Waals surface area contributed by atoms with E-state index in [2.05, 4.69) is 4.98 Å². The van der Waals surface area contributed by atoms with E-state index >= 15 is 0 Å². The number of hydrogen-bond acceptors (Lipinski definition) is 4. The minimum atomic E-state index is -0.368. The van der Waals surface area contributed by atoms with Crippen molar-refractivity contribution in [2.24, 2.45) is 14.1 Å². The Bertz CT molecular complexity index is 1570. The van der Waals surface area contributed by atoms with E-state index in [1.54, 1.807) is 20.4 Å². The van der Waals surface area contributed by atoms with E-state index in [4.69, 9.17) is 4.74 Å². The Morgan fingerprint density at radius 3 is 2.42 bits per heavy atom. The molecule has 0 atom stereocenters. The molecule has 0 amide bonds. The molecular formula is C24H20N4O3. The van der Waals surface area contributed by atoms with Crippen LogP contribution in [0.2, 0.25) is 0 Å². The lowest BCUT2D eigenvalue weighted by molar-refractivity contribution is 0.415. The summed E-state index contributed by atoms with van der Waals surface area (Å²) in [6, 6.07) is 17.4. The minimum Gasteiger partial charge on any atom is -0.497 e. The number of aromatic nitrogens is 4. The zero-order valence-corrected chi connectivity index (χ0v) is 17.4. The van der Waals surface area contributed by atoms with Crippen LogP contribution in [-0.4, -0.2) is 25.8 Å². The van der Waals surface area contributed by atoms with Crippen LogP contribution in [0.4, 0.5) is 0 Å². The summed E-state index contributed by atoms with van der Waals surface area (Å²) in [4.78, 5) is 30.3. The minimum absolute atomic E-state index is 0.337. The first-order valence-corrected chi connectivity index (χ1v) is 9.80. The third kappa shape index (κ3) is 2.85. The lowest BCUT2D eigenvalue weighted by Gasteiger charge is -2.11. The fraction of sp³-hybridized carbons (Fsp3) is 0.125. The third-order valence-corrected chi connectivity index (χ3v) is 5.66. The predicted molar refractivity (Wildman–Crippen MR) is 121 cm³/mol. The van der Waals surface area contributed by atoms with Crippen LogP contribution in [0.25, 0.3) is 38.8 Å². The first-order valence-electron chi connectivity index (χ1n) is 9.80. The summed E-state index contributed by atoms with van der Waals surface area (Å²) in [5.74, 6) is 0.721. The normalized spacial score (nSPS) is 11.3. The van der Waals surface area contributed by atoms with Crippen LogP contribution >= 0.6 is 0 Å². The van der Waals surface area contributed by atoms with E-state index < -0.39 is 0 Å². The first-order chi connectivity index (χ1) is 15.0. The highest BCUT2D eigenvalue weighted by Gasteiger charge is 2.20. The Kier molecular flexibility index (Phi) is 4.25. The standard InChI is InChI=1S/C24H20N4O3/c1-26-20-14-28(17-12-16-6-4-5-7-19(16)25-13-17)22(15-8-10-18(31-3)11-9-15)21(20)23(29)27(2)24(26)30/h4-14H,1-3H3. The van der Waals surface area contributed by atoms with Gasteiger partial charge in [-0.05, 0) is 42.0 Å². The molecule has 0 saturated heterocycles. The molecule has 0 aliphatic heterocycles. The molecule has 5 aromatic rings. The van der Waals surface area contributed by atoms with Gasteiger partial charge in [-0.2, -0.15) is 0 Å². The Labute approximate surface area is 177 Å². The number of hydrogen-bond donors (Lipinski definition) is 0. The molecule has 0 aliphatic carbocycles. The third-order valence-electron chi connectivity index (χ3n) is 5.66. The zero-order valence-electron chi connectivity index (χ0n) is 17.4. The van der Waals surface area contributed by atoms with Gasteiger partial charge in [-0.3, -0.25) is 18.9 Å². The zero-order chi connectivity index (χ0) is 21.7. The molecule has 2 aromatic carbocycles. The van der Waals surface area contributed by atoms with E-state index in [-0.39, 0.29) is 11.2 Å². The van der Waals surface area contributed by atoms with Gasteiger partial charge < -0.3 is 9.30 Å². The van der Waals surface area contributed by atoms with Crippen molar-refractivity contribution in [2.45, 2.75) is 0 Å². The summed E-state index contributed by atoms with van der Waals surface area (Å²) >= 11 is 0. The topological polar surface area (TPSA) is 71.0 Å². The molecule has 0 bridgehead atoms. The second-order valence-electron chi connectivity index (χ2n) is 7.43. The predicted octanol–water partition coefficient (Wildman–Crippen LogP) is 3.25. The van der Waals surface area contributed by atoms with Gasteiger partial charge in [-0.25, -0.2) is 4.79 Å². The monoisotopic (exact) mass is 412 g/mol. The molecule has 154 valence electrons. The van der Waals surface area contributed by atoms with E-state index in [1.165, 1.54) is 11.6 Å². The maximum absolute atomic E-state index is 13.2. The highest BCUT2D eigenvalue weighted by atomic mass is 16.5. The van der Waals surface area contributed by atoms with Crippen LogP contribution in [0, 0.1) is 0 Å². The van der Waals surface area contributed by atoms with Crippen LogP contribution < -0.4 is 16.0 Å². The van der Waals surface area contributed by atoms with Crippen molar-refractivity contribution in [3.63, 3.8) is 0 Å². The number of fused-ring (bicyclic) bond motifs is 2. The summed E-state index contributed by atoms with van der Waals surface area (Å²) in [6.07, 6.45) is 3.60. The van der Waals surface area contributed by atoms with E-state index in [9.17, 15) is 9.59 Å². The van der Waals surface area contributed by atoms with E-state index in [1.807, 2.05) is 65.4 Å². The highest BCUT2D eigenvalue weighted by Crippen LogP contribution is 2.32. The Hall–Kier alpha value is -4.13. The summed E-state index contributed by atoms with van der Waals surface area (Å²) in [6.45, 7) is 0. The maximum Gasteiger partial charge on any atom is 0.330 e. The Balaban J connectivity index is 1.90. The molecule has 0 aliphatic rings. The number of benzene rings is 2. The van der Waals surface area contributed by atoms with Crippen LogP contribution in [-0.2, 0) is 14.1 Å². The van der Waals surface area contributed by atoms with Crippen molar-refractivity contribution < 1.29 is 4.74 Å². The van der Waals surface area contributed by atoms with Gasteiger partial charge in [0.1, 0.15) is 5.75 Å². The maximum atomic E-state index is 13.2. The van der Waals surface area contributed by atoms with Gasteiger partial charge in [0.25, 0.3) is 5.56 Å². The molecule has 7 nitrogen and oxygen atoms in total. The van der Waals surface area contributed by atoms with Gasteiger partial charge in [0.15, 0.2) is 0 Å². The molecule has 0 spiro atoms. The van der Waals surface area contributed by atoms with Gasteiger partial charge in [0.2, 0.25) is 0 Å². The quantitative estimate of drug-likeness (QED) is 0.456. The molecule has 31 heavy (non-hydrogen) atoms. The van der Waals surface area contributed by atoms with Gasteiger partial charge >= 0.3 is 5.69 Å². The van der Waals surface area contributed by atoms with Crippen LogP contribution in [0.3, 0.4) is 0 Å². The van der Waals surface area contributed by atoms with Gasteiger partial charge in [-0.1, -0.05) is 18.2 Å². The van der Waals surface area contributed by atoms with Crippen LogP contribution in [0.5, 0.6) is 5.75 Å². The summed E-state index contributed by atoms with van der Waals surface area (Å²) in [5.41, 5.74) is 3.08. The lowest BCUT2D eigenvalue weighted by Crippen LogP contribution is -2.36. The molecule has 0 N–H and O–H groups in total. The van der Waals surface area contributed by atoms with E-state index in [0.29, 0.717) is 16.6 Å². The van der Waals surface area contributed by atoms with Crippen molar-refractivity contribution >= 4 is 21.8 Å². The molecule has 0 saturated carbocycles. The van der Waals surface area contributed by atoms with Crippen LogP contribution in [0.1, 0.15) is 0 Å². The molecule has 0 fully saturated rings. The van der Waals surface area contributed by atoms with Gasteiger partial charge in [-0.15, -0.1) is 0 Å². The molecule has 0 radical (unpaired) electrons. The van der Waals surface area contributed by atoms with E-state index in [0.717, 1.165) is 32.5 Å². The smallest absolute Gasteiger partial charge is 0.330 e. The average molecular weight is 412 g/mol. The number of rotatable bonds is 3. The number of para-hydroxylation sites is 1. The number of ether oxygens (including phenoxy) is 1. The average Bonchev–Trinajstić information content (AvgIpc) is 3.22. The Morgan fingerprint density at radius 1 is 0.935 bits per heavy atom. The summed E-state index contributed by atoms with van der Waals surface area (Å²) in [7, 11) is 4.78.